The molecule has 2 rings (SSSR count). The fourth-order valence-electron chi connectivity index (χ4n) is 2.18. The first-order valence-electron chi connectivity index (χ1n) is 7.47. The summed E-state index contributed by atoms with van der Waals surface area (Å²) in [6.07, 6.45) is 0. The summed E-state index contributed by atoms with van der Waals surface area (Å²) < 4.78 is 33.2. The molecule has 0 heterocycles. The molecule has 1 atom stereocenters. The van der Waals surface area contributed by atoms with E-state index in [1.54, 1.807) is 31.2 Å². The highest BCUT2D eigenvalue weighted by molar-refractivity contribution is 9.10. The van der Waals surface area contributed by atoms with E-state index in [0.717, 1.165) is 0 Å². The van der Waals surface area contributed by atoms with Crippen molar-refractivity contribution in [2.45, 2.75) is 24.8 Å². The Bertz CT molecular complexity index is 884. The molecule has 0 unspecified atom stereocenters. The minimum absolute atomic E-state index is 0.0753. The average Bonchev–Trinajstić information content (AvgIpc) is 2.56. The van der Waals surface area contributed by atoms with Gasteiger partial charge in [0.2, 0.25) is 15.9 Å². The summed E-state index contributed by atoms with van der Waals surface area (Å²) in [7, 11) is -2.32. The molecule has 0 aliphatic heterocycles. The number of hydrogen-bond donors (Lipinski definition) is 2. The van der Waals surface area contributed by atoms with E-state index < -0.39 is 22.0 Å². The van der Waals surface area contributed by atoms with Crippen LogP contribution in [0.2, 0.25) is 0 Å². The van der Waals surface area contributed by atoms with E-state index in [1.165, 1.54) is 26.2 Å². The van der Waals surface area contributed by atoms with Crippen molar-refractivity contribution in [1.82, 2.24) is 4.72 Å². The number of hydrogen-bond acceptors (Lipinski definition) is 4. The molecule has 134 valence electrons. The maximum absolute atomic E-state index is 12.5. The number of rotatable bonds is 6. The van der Waals surface area contributed by atoms with Crippen LogP contribution < -0.4 is 14.8 Å². The Balaban J connectivity index is 2.12. The Morgan fingerprint density at radius 1 is 1.20 bits per heavy atom. The van der Waals surface area contributed by atoms with Crippen molar-refractivity contribution in [3.05, 3.63) is 52.5 Å². The molecule has 2 aromatic rings. The Morgan fingerprint density at radius 3 is 2.48 bits per heavy atom. The number of ether oxygens (including phenoxy) is 1. The number of amides is 1. The zero-order valence-corrected chi connectivity index (χ0v) is 16.4. The third-order valence-corrected chi connectivity index (χ3v) is 5.76. The summed E-state index contributed by atoms with van der Waals surface area (Å²) in [5.74, 6) is 0.138. The molecule has 0 aliphatic carbocycles. The van der Waals surface area contributed by atoms with Crippen molar-refractivity contribution < 1.29 is 17.9 Å². The second kappa shape index (κ2) is 7.99. The van der Waals surface area contributed by atoms with Gasteiger partial charge in [0.1, 0.15) is 5.75 Å². The lowest BCUT2D eigenvalue weighted by molar-refractivity contribution is -0.117. The monoisotopic (exact) mass is 426 g/mol. The van der Waals surface area contributed by atoms with Gasteiger partial charge in [0, 0.05) is 4.47 Å². The summed E-state index contributed by atoms with van der Waals surface area (Å²) in [6.45, 7) is 3.24. The second-order valence-corrected chi connectivity index (χ2v) is 8.01. The Morgan fingerprint density at radius 2 is 1.88 bits per heavy atom. The van der Waals surface area contributed by atoms with Crippen LogP contribution in [0.15, 0.2) is 51.8 Å². The number of methoxy groups -OCH3 is 1. The largest absolute Gasteiger partial charge is 0.496 e. The molecule has 0 saturated heterocycles. The van der Waals surface area contributed by atoms with Crippen molar-refractivity contribution in [2.75, 3.05) is 12.4 Å². The number of halogens is 1. The standard InChI is InChI=1S/C17H19BrN2O4S/c1-11-10-13(8-9-16(11)24-3)25(22,23)20-12(2)17(21)19-15-7-5-4-6-14(15)18/h4-10,12,20H,1-3H3,(H,19,21)/t12-/m0/s1. The molecule has 0 spiro atoms. The van der Waals surface area contributed by atoms with E-state index in [0.29, 0.717) is 21.5 Å². The summed E-state index contributed by atoms with van der Waals surface area (Å²) in [4.78, 5) is 12.3. The van der Waals surface area contributed by atoms with Gasteiger partial charge in [-0.2, -0.15) is 4.72 Å². The SMILES string of the molecule is COc1ccc(S(=O)(=O)N[C@@H](C)C(=O)Nc2ccccc2Br)cc1C. The van der Waals surface area contributed by atoms with E-state index in [1.807, 2.05) is 6.07 Å². The number of carbonyl (C=O) groups excluding carboxylic acids is 1. The number of para-hydroxylation sites is 1. The maximum Gasteiger partial charge on any atom is 0.242 e. The van der Waals surface area contributed by atoms with Crippen LogP contribution in [-0.2, 0) is 14.8 Å². The highest BCUT2D eigenvalue weighted by Crippen LogP contribution is 2.23. The van der Waals surface area contributed by atoms with Crippen molar-refractivity contribution in [3.63, 3.8) is 0 Å². The first kappa shape index (κ1) is 19.4. The molecule has 8 heteroatoms. The third-order valence-electron chi connectivity index (χ3n) is 3.53. The number of anilines is 1. The highest BCUT2D eigenvalue weighted by Gasteiger charge is 2.23. The minimum atomic E-state index is -3.83. The lowest BCUT2D eigenvalue weighted by Crippen LogP contribution is -2.41. The Labute approximate surface area is 155 Å². The van der Waals surface area contributed by atoms with Crippen LogP contribution in [0, 0.1) is 6.92 Å². The maximum atomic E-state index is 12.5. The van der Waals surface area contributed by atoms with Crippen LogP contribution in [0.25, 0.3) is 0 Å². The molecule has 0 aromatic heterocycles. The van der Waals surface area contributed by atoms with Gasteiger partial charge in [0.05, 0.1) is 23.7 Å². The van der Waals surface area contributed by atoms with Crippen LogP contribution in [0.4, 0.5) is 5.69 Å². The van der Waals surface area contributed by atoms with Gasteiger partial charge in [0.15, 0.2) is 0 Å². The summed E-state index contributed by atoms with van der Waals surface area (Å²) in [5, 5.41) is 2.68. The van der Waals surface area contributed by atoms with Gasteiger partial charge < -0.3 is 10.1 Å². The van der Waals surface area contributed by atoms with Crippen molar-refractivity contribution >= 4 is 37.5 Å². The van der Waals surface area contributed by atoms with E-state index >= 15 is 0 Å². The summed E-state index contributed by atoms with van der Waals surface area (Å²) in [5.41, 5.74) is 1.26. The zero-order chi connectivity index (χ0) is 18.6. The highest BCUT2D eigenvalue weighted by atomic mass is 79.9. The zero-order valence-electron chi connectivity index (χ0n) is 14.0. The minimum Gasteiger partial charge on any atom is -0.496 e. The lowest BCUT2D eigenvalue weighted by Gasteiger charge is -2.16. The first-order chi connectivity index (χ1) is 11.7. The molecular weight excluding hydrogens is 408 g/mol. The Kier molecular flexibility index (Phi) is 6.21. The van der Waals surface area contributed by atoms with E-state index in [4.69, 9.17) is 4.74 Å². The molecular formula is C17H19BrN2O4S. The van der Waals surface area contributed by atoms with E-state index in [-0.39, 0.29) is 4.90 Å². The third kappa shape index (κ3) is 4.81. The van der Waals surface area contributed by atoms with Gasteiger partial charge in [-0.15, -0.1) is 0 Å². The summed E-state index contributed by atoms with van der Waals surface area (Å²) in [6, 6.07) is 10.7. The van der Waals surface area contributed by atoms with Gasteiger partial charge >= 0.3 is 0 Å². The van der Waals surface area contributed by atoms with E-state index in [2.05, 4.69) is 26.0 Å². The van der Waals surface area contributed by atoms with Gasteiger partial charge in [-0.1, -0.05) is 12.1 Å². The first-order valence-corrected chi connectivity index (χ1v) is 9.74. The summed E-state index contributed by atoms with van der Waals surface area (Å²) >= 11 is 3.33. The Hall–Kier alpha value is -1.90. The number of sulfonamides is 1. The van der Waals surface area contributed by atoms with Crippen molar-refractivity contribution in [3.8, 4) is 5.75 Å². The quantitative estimate of drug-likeness (QED) is 0.742. The fraction of sp³-hybridized carbons (Fsp3) is 0.235. The van der Waals surface area contributed by atoms with Crippen LogP contribution in [0.1, 0.15) is 12.5 Å². The molecule has 0 aliphatic rings. The normalized spacial score (nSPS) is 12.5. The van der Waals surface area contributed by atoms with Crippen LogP contribution in [0.5, 0.6) is 5.75 Å². The molecule has 2 N–H and O–H groups in total. The molecule has 2 aromatic carbocycles. The van der Waals surface area contributed by atoms with Crippen molar-refractivity contribution in [1.29, 1.82) is 0 Å². The average molecular weight is 427 g/mol. The number of aryl methyl sites for hydroxylation is 1. The smallest absolute Gasteiger partial charge is 0.242 e. The number of benzene rings is 2. The molecule has 6 nitrogen and oxygen atoms in total. The predicted octanol–water partition coefficient (Wildman–Crippen LogP) is 3.07. The topological polar surface area (TPSA) is 84.5 Å². The molecule has 0 bridgehead atoms. The number of nitrogens with one attached hydrogen (secondary N) is 2. The van der Waals surface area contributed by atoms with Crippen molar-refractivity contribution in [2.24, 2.45) is 0 Å². The number of carbonyl (C=O) groups is 1. The molecule has 0 radical (unpaired) electrons. The molecule has 25 heavy (non-hydrogen) atoms. The second-order valence-electron chi connectivity index (χ2n) is 5.44. The van der Waals surface area contributed by atoms with Crippen LogP contribution >= 0.6 is 15.9 Å². The predicted molar refractivity (Wildman–Crippen MR) is 100 cm³/mol. The van der Waals surface area contributed by atoms with Gasteiger partial charge in [-0.3, -0.25) is 4.79 Å². The van der Waals surface area contributed by atoms with Crippen LogP contribution in [0.3, 0.4) is 0 Å². The fourth-order valence-corrected chi connectivity index (χ4v) is 3.85. The van der Waals surface area contributed by atoms with Gasteiger partial charge in [-0.05, 0) is 65.7 Å². The molecule has 0 saturated carbocycles. The van der Waals surface area contributed by atoms with Gasteiger partial charge in [-0.25, -0.2) is 8.42 Å². The van der Waals surface area contributed by atoms with E-state index in [9.17, 15) is 13.2 Å². The molecule has 1 amide bonds. The van der Waals surface area contributed by atoms with Crippen LogP contribution in [-0.4, -0.2) is 27.5 Å². The van der Waals surface area contributed by atoms with Gasteiger partial charge in [0.25, 0.3) is 0 Å². The lowest BCUT2D eigenvalue weighted by atomic mass is 10.2. The molecule has 0 fully saturated rings.